The average molecular weight is 550 g/mol. The average Bonchev–Trinajstić information content (AvgIpc) is 2.76. The monoisotopic (exact) mass is 549 g/mol. The van der Waals surface area contributed by atoms with Gasteiger partial charge in [0.05, 0.1) is 5.92 Å². The van der Waals surface area contributed by atoms with Gasteiger partial charge < -0.3 is 16.0 Å². The third-order valence-electron chi connectivity index (χ3n) is 6.00. The normalized spacial score (nSPS) is 16.8. The van der Waals surface area contributed by atoms with Crippen LogP contribution in [0, 0.1) is 12.8 Å². The van der Waals surface area contributed by atoms with Gasteiger partial charge >= 0.3 is 0 Å². The second-order valence-electron chi connectivity index (χ2n) is 8.48. The summed E-state index contributed by atoms with van der Waals surface area (Å²) in [4.78, 5) is 20.5. The number of halogens is 1. The number of guanidine groups is 1. The van der Waals surface area contributed by atoms with Crippen LogP contribution in [0.4, 0.5) is 0 Å². The number of nitrogens with two attached hydrogens (primary N) is 1. The third-order valence-corrected chi connectivity index (χ3v) is 6.00. The number of carbonyl (C=O) groups excluding carboxylic acids is 1. The molecule has 3 N–H and O–H groups in total. The third kappa shape index (κ3) is 7.48. The van der Waals surface area contributed by atoms with E-state index in [2.05, 4.69) is 82.6 Å². The number of likely N-dealkylation sites (tertiary alicyclic amines) is 1. The molecule has 0 aromatic heterocycles. The smallest absolute Gasteiger partial charge is 0.221 e. The van der Waals surface area contributed by atoms with Crippen molar-refractivity contribution < 1.29 is 4.79 Å². The Morgan fingerprint density at radius 1 is 1.22 bits per heavy atom. The number of amides is 1. The lowest BCUT2D eigenvalue weighted by Gasteiger charge is -2.31. The van der Waals surface area contributed by atoms with E-state index < -0.39 is 0 Å². The molecule has 1 unspecified atom stereocenters. The quantitative estimate of drug-likeness (QED) is 0.315. The lowest BCUT2D eigenvalue weighted by molar-refractivity contribution is -0.123. The molecule has 1 atom stereocenters. The van der Waals surface area contributed by atoms with Crippen LogP contribution in [0.25, 0.3) is 0 Å². The summed E-state index contributed by atoms with van der Waals surface area (Å²) in [5.74, 6) is 0.670. The molecule has 0 aliphatic carbocycles. The van der Waals surface area contributed by atoms with Gasteiger partial charge in [0, 0.05) is 40.3 Å². The van der Waals surface area contributed by atoms with E-state index in [1.807, 2.05) is 7.05 Å². The number of rotatable bonds is 7. The van der Waals surface area contributed by atoms with E-state index in [1.165, 1.54) is 22.3 Å². The lowest BCUT2D eigenvalue weighted by Crippen LogP contribution is -2.40. The number of nitrogens with one attached hydrogen (secondary N) is 1. The van der Waals surface area contributed by atoms with Crippen molar-refractivity contribution in [2.24, 2.45) is 16.6 Å². The van der Waals surface area contributed by atoms with Crippen LogP contribution in [0.15, 0.2) is 53.5 Å². The minimum absolute atomic E-state index is 0. The maximum Gasteiger partial charge on any atom is 0.221 e. The molecule has 0 radical (unpaired) electrons. The number of nitrogens with zero attached hydrogens (tertiary/aromatic N) is 3. The SMILES string of the molecule is CN=C(NCc1cccc(CN2CCCC(C(N)=O)C2)c1)N(C)Cc1ccccc1C.I. The molecule has 1 fully saturated rings. The van der Waals surface area contributed by atoms with E-state index in [1.54, 1.807) is 0 Å². The van der Waals surface area contributed by atoms with Crippen molar-refractivity contribution in [3.8, 4) is 0 Å². The van der Waals surface area contributed by atoms with Gasteiger partial charge in [0.25, 0.3) is 0 Å². The molecule has 32 heavy (non-hydrogen) atoms. The summed E-state index contributed by atoms with van der Waals surface area (Å²) in [7, 11) is 3.88. The zero-order valence-corrected chi connectivity index (χ0v) is 21.7. The van der Waals surface area contributed by atoms with E-state index in [0.717, 1.165) is 45.0 Å². The number of piperidine rings is 1. The fourth-order valence-corrected chi connectivity index (χ4v) is 4.21. The molecule has 0 bridgehead atoms. The topological polar surface area (TPSA) is 74.0 Å². The molecule has 174 valence electrons. The number of hydrogen-bond donors (Lipinski definition) is 2. The first-order valence-electron chi connectivity index (χ1n) is 11.0. The van der Waals surface area contributed by atoms with Gasteiger partial charge in [-0.25, -0.2) is 0 Å². The molecule has 1 amide bonds. The number of hydrogen-bond acceptors (Lipinski definition) is 3. The van der Waals surface area contributed by atoms with Gasteiger partial charge in [0.1, 0.15) is 0 Å². The second kappa shape index (κ2) is 12.8. The van der Waals surface area contributed by atoms with Crippen LogP contribution in [-0.2, 0) is 24.4 Å². The Morgan fingerprint density at radius 3 is 2.69 bits per heavy atom. The molecule has 1 saturated heterocycles. The van der Waals surface area contributed by atoms with Crippen LogP contribution in [-0.4, -0.2) is 48.9 Å². The van der Waals surface area contributed by atoms with E-state index in [4.69, 9.17) is 5.73 Å². The van der Waals surface area contributed by atoms with Gasteiger partial charge in [-0.15, -0.1) is 24.0 Å². The Labute approximate surface area is 209 Å². The summed E-state index contributed by atoms with van der Waals surface area (Å²) in [5, 5.41) is 3.48. The Balaban J connectivity index is 0.00000363. The highest BCUT2D eigenvalue weighted by Crippen LogP contribution is 2.19. The summed E-state index contributed by atoms with van der Waals surface area (Å²) in [6, 6.07) is 17.1. The molecule has 1 aliphatic rings. The lowest BCUT2D eigenvalue weighted by atomic mass is 9.97. The van der Waals surface area contributed by atoms with E-state index in [-0.39, 0.29) is 35.8 Å². The minimum atomic E-state index is -0.177. The van der Waals surface area contributed by atoms with Crippen LogP contribution in [0.5, 0.6) is 0 Å². The molecule has 6 nitrogen and oxygen atoms in total. The van der Waals surface area contributed by atoms with Crippen LogP contribution in [0.2, 0.25) is 0 Å². The molecular weight excluding hydrogens is 513 g/mol. The van der Waals surface area contributed by atoms with Gasteiger partial charge in [-0.1, -0.05) is 48.5 Å². The molecule has 1 heterocycles. The van der Waals surface area contributed by atoms with Crippen LogP contribution >= 0.6 is 24.0 Å². The van der Waals surface area contributed by atoms with Crippen molar-refractivity contribution in [1.29, 1.82) is 0 Å². The molecule has 0 spiro atoms. The zero-order valence-electron chi connectivity index (χ0n) is 19.4. The molecule has 0 saturated carbocycles. The molecular formula is C25H36IN5O. The van der Waals surface area contributed by atoms with E-state index >= 15 is 0 Å². The number of aliphatic imine (C=N–C) groups is 1. The van der Waals surface area contributed by atoms with Crippen LogP contribution in [0.3, 0.4) is 0 Å². The van der Waals surface area contributed by atoms with Gasteiger partial charge in [0.2, 0.25) is 5.91 Å². The van der Waals surface area contributed by atoms with Crippen molar-refractivity contribution in [3.63, 3.8) is 0 Å². The first-order chi connectivity index (χ1) is 15.0. The Bertz CT molecular complexity index is 917. The Morgan fingerprint density at radius 2 is 1.97 bits per heavy atom. The summed E-state index contributed by atoms with van der Waals surface area (Å²) in [5.41, 5.74) is 10.6. The summed E-state index contributed by atoms with van der Waals surface area (Å²) >= 11 is 0. The Hall–Kier alpha value is -2.13. The summed E-state index contributed by atoms with van der Waals surface area (Å²) in [6.45, 7) is 6.28. The van der Waals surface area contributed by atoms with Gasteiger partial charge in [-0.05, 0) is 48.6 Å². The first kappa shape index (κ1) is 26.1. The van der Waals surface area contributed by atoms with E-state index in [0.29, 0.717) is 6.54 Å². The van der Waals surface area contributed by atoms with Crippen molar-refractivity contribution in [2.45, 2.75) is 39.4 Å². The fraction of sp³-hybridized carbons (Fsp3) is 0.440. The number of aryl methyl sites for hydroxylation is 1. The predicted molar refractivity (Wildman–Crippen MR) is 142 cm³/mol. The summed E-state index contributed by atoms with van der Waals surface area (Å²) in [6.07, 6.45) is 1.93. The maximum atomic E-state index is 11.5. The number of carbonyl (C=O) groups is 1. The van der Waals surface area contributed by atoms with Crippen molar-refractivity contribution in [1.82, 2.24) is 15.1 Å². The zero-order chi connectivity index (χ0) is 22.2. The van der Waals surface area contributed by atoms with E-state index in [9.17, 15) is 4.79 Å². The first-order valence-corrected chi connectivity index (χ1v) is 11.0. The summed E-state index contributed by atoms with van der Waals surface area (Å²) < 4.78 is 0. The standard InChI is InChI=1S/C25H35N5O.HI/c1-19-8-4-5-11-22(19)17-29(3)25(27-2)28-15-20-9-6-10-21(14-20)16-30-13-7-12-23(18-30)24(26)31;/h4-6,8-11,14,23H,7,12-13,15-18H2,1-3H3,(H2,26,31)(H,27,28);1H. The van der Waals surface area contributed by atoms with Gasteiger partial charge in [-0.3, -0.25) is 14.7 Å². The molecule has 1 aliphatic heterocycles. The highest BCUT2D eigenvalue weighted by molar-refractivity contribution is 14.0. The maximum absolute atomic E-state index is 11.5. The molecule has 7 heteroatoms. The highest BCUT2D eigenvalue weighted by Gasteiger charge is 2.23. The van der Waals surface area contributed by atoms with Crippen LogP contribution in [0.1, 0.15) is 35.1 Å². The van der Waals surface area contributed by atoms with Crippen molar-refractivity contribution >= 4 is 35.8 Å². The predicted octanol–water partition coefficient (Wildman–Crippen LogP) is 3.52. The molecule has 2 aromatic carbocycles. The minimum Gasteiger partial charge on any atom is -0.369 e. The van der Waals surface area contributed by atoms with Gasteiger partial charge in [-0.2, -0.15) is 0 Å². The molecule has 2 aromatic rings. The highest BCUT2D eigenvalue weighted by atomic mass is 127. The van der Waals surface area contributed by atoms with Crippen molar-refractivity contribution in [3.05, 3.63) is 70.8 Å². The number of benzene rings is 2. The Kier molecular flexibility index (Phi) is 10.4. The fourth-order valence-electron chi connectivity index (χ4n) is 4.21. The van der Waals surface area contributed by atoms with Crippen molar-refractivity contribution in [2.75, 3.05) is 27.2 Å². The van der Waals surface area contributed by atoms with Gasteiger partial charge in [0.15, 0.2) is 5.96 Å². The number of primary amides is 1. The van der Waals surface area contributed by atoms with Crippen LogP contribution < -0.4 is 11.1 Å². The molecule has 3 rings (SSSR count). The largest absolute Gasteiger partial charge is 0.369 e. The second-order valence-corrected chi connectivity index (χ2v) is 8.48.